The van der Waals surface area contributed by atoms with E-state index in [1.165, 1.54) is 0 Å². The minimum Gasteiger partial charge on any atom is -0.548 e. The molecule has 1 saturated heterocycles. The zero-order valence-corrected chi connectivity index (χ0v) is 8.03. The Morgan fingerprint density at radius 3 is 2.67 bits per heavy atom. The SMILES string of the molecule is O=C([O-])[C@@H]1CSCN1.[Na+]. The molecule has 0 bridgehead atoms. The molecule has 0 aliphatic carbocycles. The fourth-order valence-corrected chi connectivity index (χ4v) is 1.47. The number of thioether (sulfide) groups is 1. The molecular formula is C4H6NNaO2S. The van der Waals surface area contributed by atoms with E-state index in [4.69, 9.17) is 0 Å². The molecule has 1 aliphatic heterocycles. The number of hydrogen-bond acceptors (Lipinski definition) is 4. The predicted octanol–water partition coefficient (Wildman–Crippen LogP) is -4.60. The molecular weight excluding hydrogens is 149 g/mol. The van der Waals surface area contributed by atoms with Crippen LogP contribution in [0.4, 0.5) is 0 Å². The summed E-state index contributed by atoms with van der Waals surface area (Å²) in [6, 6.07) is -0.417. The molecule has 0 spiro atoms. The van der Waals surface area contributed by atoms with Crippen LogP contribution in [0.3, 0.4) is 0 Å². The number of hydrogen-bond donors (Lipinski definition) is 1. The van der Waals surface area contributed by atoms with Gasteiger partial charge < -0.3 is 9.90 Å². The summed E-state index contributed by atoms with van der Waals surface area (Å²) < 4.78 is 0. The maximum absolute atomic E-state index is 10.0. The van der Waals surface area contributed by atoms with Crippen molar-refractivity contribution in [3.8, 4) is 0 Å². The normalized spacial score (nSPS) is 25.1. The average Bonchev–Trinajstić information content (AvgIpc) is 2.12. The van der Waals surface area contributed by atoms with Crippen molar-refractivity contribution in [2.75, 3.05) is 11.6 Å². The zero-order valence-electron chi connectivity index (χ0n) is 5.22. The van der Waals surface area contributed by atoms with Crippen LogP contribution in [0.5, 0.6) is 0 Å². The smallest absolute Gasteiger partial charge is 0.548 e. The van der Waals surface area contributed by atoms with Crippen molar-refractivity contribution in [2.24, 2.45) is 0 Å². The Morgan fingerprint density at radius 1 is 1.78 bits per heavy atom. The van der Waals surface area contributed by atoms with Crippen LogP contribution in [0.25, 0.3) is 0 Å². The van der Waals surface area contributed by atoms with Crippen LogP contribution in [0, 0.1) is 0 Å². The van der Waals surface area contributed by atoms with E-state index in [9.17, 15) is 9.90 Å². The first-order valence-corrected chi connectivity index (χ1v) is 3.48. The predicted molar refractivity (Wildman–Crippen MR) is 29.3 cm³/mol. The number of carbonyl (C=O) groups excluding carboxylic acids is 1. The molecule has 1 rings (SSSR count). The Labute approximate surface area is 79.9 Å². The van der Waals surface area contributed by atoms with E-state index in [0.29, 0.717) is 5.75 Å². The number of nitrogens with one attached hydrogen (secondary N) is 1. The largest absolute Gasteiger partial charge is 1.00 e. The van der Waals surface area contributed by atoms with E-state index >= 15 is 0 Å². The molecule has 3 nitrogen and oxygen atoms in total. The molecule has 0 saturated carbocycles. The topological polar surface area (TPSA) is 52.2 Å². The van der Waals surface area contributed by atoms with Crippen LogP contribution in [0.2, 0.25) is 0 Å². The van der Waals surface area contributed by atoms with Crippen molar-refractivity contribution in [3.63, 3.8) is 0 Å². The monoisotopic (exact) mass is 155 g/mol. The Balaban J connectivity index is 0.000000640. The van der Waals surface area contributed by atoms with Gasteiger partial charge in [-0.05, 0) is 0 Å². The fraction of sp³-hybridized carbons (Fsp3) is 0.750. The van der Waals surface area contributed by atoms with Crippen molar-refractivity contribution in [1.29, 1.82) is 0 Å². The maximum atomic E-state index is 10.0. The third-order valence-corrected chi connectivity index (χ3v) is 1.94. The van der Waals surface area contributed by atoms with Crippen LogP contribution in [-0.4, -0.2) is 23.6 Å². The van der Waals surface area contributed by atoms with Gasteiger partial charge >= 0.3 is 29.6 Å². The van der Waals surface area contributed by atoms with Gasteiger partial charge in [-0.25, -0.2) is 0 Å². The number of carbonyl (C=O) groups is 1. The standard InChI is InChI=1S/C4H7NO2S.Na/c6-4(7)3-1-8-2-5-3;/h3,5H,1-2H2,(H,6,7);/q;+1/p-1/t3-;/m0./s1. The third kappa shape index (κ3) is 2.91. The molecule has 5 heteroatoms. The first-order chi connectivity index (χ1) is 3.80. The summed E-state index contributed by atoms with van der Waals surface area (Å²) in [5.41, 5.74) is 0. The molecule has 0 aromatic carbocycles. The van der Waals surface area contributed by atoms with Gasteiger partial charge in [0.05, 0.1) is 12.0 Å². The van der Waals surface area contributed by atoms with E-state index in [-0.39, 0.29) is 29.6 Å². The van der Waals surface area contributed by atoms with Crippen LogP contribution >= 0.6 is 11.8 Å². The minimum absolute atomic E-state index is 0. The van der Waals surface area contributed by atoms with E-state index in [1.807, 2.05) is 0 Å². The zero-order chi connectivity index (χ0) is 5.98. The Bertz CT molecular complexity index is 105. The third-order valence-electron chi connectivity index (χ3n) is 1.00. The van der Waals surface area contributed by atoms with Crippen molar-refractivity contribution in [3.05, 3.63) is 0 Å². The number of carboxylic acid groups (broad SMARTS) is 1. The van der Waals surface area contributed by atoms with Gasteiger partial charge in [-0.2, -0.15) is 0 Å². The van der Waals surface area contributed by atoms with Crippen LogP contribution < -0.4 is 40.0 Å². The minimum atomic E-state index is -0.991. The second kappa shape index (κ2) is 4.57. The summed E-state index contributed by atoms with van der Waals surface area (Å²) in [5, 5.41) is 12.8. The van der Waals surface area contributed by atoms with Crippen LogP contribution in [0.1, 0.15) is 0 Å². The molecule has 0 aromatic rings. The maximum Gasteiger partial charge on any atom is 1.00 e. The Hall–Kier alpha value is 0.780. The molecule has 0 unspecified atom stereocenters. The second-order valence-corrected chi connectivity index (χ2v) is 2.62. The van der Waals surface area contributed by atoms with Gasteiger partial charge in [-0.1, -0.05) is 0 Å². The molecule has 1 aliphatic rings. The molecule has 1 N–H and O–H groups in total. The Kier molecular flexibility index (Phi) is 4.97. The van der Waals surface area contributed by atoms with Crippen molar-refractivity contribution >= 4 is 17.7 Å². The molecule has 1 heterocycles. The summed E-state index contributed by atoms with van der Waals surface area (Å²) >= 11 is 1.58. The number of rotatable bonds is 1. The number of aliphatic carboxylic acids is 1. The molecule has 1 atom stereocenters. The molecule has 1 fully saturated rings. The quantitative estimate of drug-likeness (QED) is 0.387. The molecule has 46 valence electrons. The van der Waals surface area contributed by atoms with Crippen molar-refractivity contribution in [2.45, 2.75) is 6.04 Å². The molecule has 0 aromatic heterocycles. The van der Waals surface area contributed by atoms with Gasteiger partial charge in [0.25, 0.3) is 0 Å². The van der Waals surface area contributed by atoms with E-state index in [1.54, 1.807) is 11.8 Å². The van der Waals surface area contributed by atoms with Crippen molar-refractivity contribution in [1.82, 2.24) is 5.32 Å². The van der Waals surface area contributed by atoms with Gasteiger partial charge in [-0.15, -0.1) is 11.8 Å². The summed E-state index contributed by atoms with van der Waals surface area (Å²) in [6.45, 7) is 0. The van der Waals surface area contributed by atoms with Gasteiger partial charge in [0, 0.05) is 11.6 Å². The summed E-state index contributed by atoms with van der Waals surface area (Å²) in [6.07, 6.45) is 0. The Morgan fingerprint density at radius 2 is 2.44 bits per heavy atom. The summed E-state index contributed by atoms with van der Waals surface area (Å²) in [5.74, 6) is 0.385. The van der Waals surface area contributed by atoms with E-state index in [0.717, 1.165) is 5.88 Å². The fourth-order valence-electron chi connectivity index (χ4n) is 0.547. The van der Waals surface area contributed by atoms with Crippen LogP contribution in [0.15, 0.2) is 0 Å². The first-order valence-electron chi connectivity index (χ1n) is 2.32. The van der Waals surface area contributed by atoms with E-state index in [2.05, 4.69) is 5.32 Å². The second-order valence-electron chi connectivity index (χ2n) is 1.59. The van der Waals surface area contributed by atoms with Crippen LogP contribution in [-0.2, 0) is 4.79 Å². The molecule has 0 amide bonds. The molecule has 0 radical (unpaired) electrons. The average molecular weight is 155 g/mol. The van der Waals surface area contributed by atoms with Gasteiger partial charge in [0.1, 0.15) is 0 Å². The summed E-state index contributed by atoms with van der Waals surface area (Å²) in [7, 11) is 0. The summed E-state index contributed by atoms with van der Waals surface area (Å²) in [4.78, 5) is 10.0. The van der Waals surface area contributed by atoms with Gasteiger partial charge in [-0.3, -0.25) is 5.32 Å². The van der Waals surface area contributed by atoms with Gasteiger partial charge in [0.15, 0.2) is 0 Å². The van der Waals surface area contributed by atoms with Crippen molar-refractivity contribution < 1.29 is 39.5 Å². The number of carboxylic acids is 1. The van der Waals surface area contributed by atoms with Gasteiger partial charge in [0.2, 0.25) is 0 Å². The van der Waals surface area contributed by atoms with E-state index < -0.39 is 12.0 Å². The first kappa shape index (κ1) is 9.78. The molecule has 9 heavy (non-hydrogen) atoms.